The summed E-state index contributed by atoms with van der Waals surface area (Å²) in [6.07, 6.45) is -2.44. The number of aliphatic hydroxyl groups is 3. The molecule has 1 aliphatic heterocycles. The van der Waals surface area contributed by atoms with Gasteiger partial charge < -0.3 is 30.1 Å². The minimum Gasteiger partial charge on any atom is -0.494 e. The molecule has 1 aliphatic rings. The number of benzene rings is 2. The Labute approximate surface area is 169 Å². The summed E-state index contributed by atoms with van der Waals surface area (Å²) in [6, 6.07) is 16.1. The summed E-state index contributed by atoms with van der Waals surface area (Å²) in [4.78, 5) is 12.0. The molecule has 4 atom stereocenters. The summed E-state index contributed by atoms with van der Waals surface area (Å²) in [5.74, 6) is 0.487. The van der Waals surface area contributed by atoms with Gasteiger partial charge in [-0.1, -0.05) is 30.3 Å². The van der Waals surface area contributed by atoms with E-state index < -0.39 is 24.4 Å². The van der Waals surface area contributed by atoms with E-state index in [9.17, 15) is 20.1 Å². The highest BCUT2D eigenvalue weighted by atomic mass is 16.5. The van der Waals surface area contributed by atoms with Crippen molar-refractivity contribution < 1.29 is 29.6 Å². The van der Waals surface area contributed by atoms with E-state index in [2.05, 4.69) is 5.32 Å². The lowest BCUT2D eigenvalue weighted by Crippen LogP contribution is -2.44. The van der Waals surface area contributed by atoms with E-state index in [4.69, 9.17) is 9.47 Å². The second-order valence-corrected chi connectivity index (χ2v) is 7.05. The molecular formula is C22H27NO6. The van der Waals surface area contributed by atoms with Crippen LogP contribution in [-0.4, -0.2) is 59.3 Å². The van der Waals surface area contributed by atoms with Crippen molar-refractivity contribution >= 4 is 5.91 Å². The van der Waals surface area contributed by atoms with Crippen molar-refractivity contribution in [3.05, 3.63) is 65.7 Å². The van der Waals surface area contributed by atoms with Crippen LogP contribution in [0.15, 0.2) is 54.6 Å². The number of carbonyl (C=O) groups excluding carboxylic acids is 1. The fourth-order valence-corrected chi connectivity index (χ4v) is 3.28. The standard InChI is InChI=1S/C22H27NO6/c24-14-18-13-19(25)20(26)21(29-18)16-8-4-9-17(12-16)28-11-5-10-23-22(27)15-6-2-1-3-7-15/h1-4,6-9,12,18-21,24-26H,5,10-11,13-14H2,(H,23,27). The van der Waals surface area contributed by atoms with Gasteiger partial charge in [-0.05, 0) is 36.2 Å². The summed E-state index contributed by atoms with van der Waals surface area (Å²) >= 11 is 0. The molecular weight excluding hydrogens is 374 g/mol. The summed E-state index contributed by atoms with van der Waals surface area (Å²) in [5.41, 5.74) is 1.29. The van der Waals surface area contributed by atoms with E-state index in [-0.39, 0.29) is 18.9 Å². The maximum atomic E-state index is 12.0. The van der Waals surface area contributed by atoms with E-state index >= 15 is 0 Å². The molecule has 2 aromatic carbocycles. The summed E-state index contributed by atoms with van der Waals surface area (Å²) in [7, 11) is 0. The third-order valence-electron chi connectivity index (χ3n) is 4.85. The molecule has 29 heavy (non-hydrogen) atoms. The van der Waals surface area contributed by atoms with Crippen LogP contribution >= 0.6 is 0 Å². The molecule has 0 spiro atoms. The summed E-state index contributed by atoms with van der Waals surface area (Å²) < 4.78 is 11.4. The Morgan fingerprint density at radius 2 is 1.93 bits per heavy atom. The molecule has 3 rings (SSSR count). The number of amides is 1. The number of carbonyl (C=O) groups is 1. The highest BCUT2D eigenvalue weighted by Gasteiger charge is 2.37. The Balaban J connectivity index is 1.48. The predicted molar refractivity (Wildman–Crippen MR) is 107 cm³/mol. The lowest BCUT2D eigenvalue weighted by molar-refractivity contribution is -0.179. The normalized spacial score (nSPS) is 24.1. The zero-order valence-corrected chi connectivity index (χ0v) is 16.1. The van der Waals surface area contributed by atoms with Crippen LogP contribution in [0.4, 0.5) is 0 Å². The first-order valence-electron chi connectivity index (χ1n) is 9.77. The SMILES string of the molecule is O=C(NCCCOc1cccc(C2OC(CO)CC(O)C2O)c1)c1ccccc1. The van der Waals surface area contributed by atoms with Crippen molar-refractivity contribution in [1.82, 2.24) is 5.32 Å². The van der Waals surface area contributed by atoms with Crippen molar-refractivity contribution in [2.45, 2.75) is 37.3 Å². The zero-order valence-electron chi connectivity index (χ0n) is 16.1. The van der Waals surface area contributed by atoms with Crippen molar-refractivity contribution in [2.75, 3.05) is 19.8 Å². The number of nitrogens with one attached hydrogen (secondary N) is 1. The maximum absolute atomic E-state index is 12.0. The van der Waals surface area contributed by atoms with Crippen molar-refractivity contribution in [3.8, 4) is 5.75 Å². The van der Waals surface area contributed by atoms with Crippen LogP contribution in [0, 0.1) is 0 Å². The van der Waals surface area contributed by atoms with Gasteiger partial charge in [0.15, 0.2) is 0 Å². The fraction of sp³-hybridized carbons (Fsp3) is 0.409. The second-order valence-electron chi connectivity index (χ2n) is 7.05. The molecule has 1 amide bonds. The van der Waals surface area contributed by atoms with Gasteiger partial charge in [0.1, 0.15) is 18.0 Å². The van der Waals surface area contributed by atoms with Crippen LogP contribution in [0.25, 0.3) is 0 Å². The number of hydrogen-bond acceptors (Lipinski definition) is 6. The molecule has 2 aromatic rings. The molecule has 7 nitrogen and oxygen atoms in total. The highest BCUT2D eigenvalue weighted by Crippen LogP contribution is 2.33. The molecule has 0 saturated carbocycles. The smallest absolute Gasteiger partial charge is 0.251 e. The highest BCUT2D eigenvalue weighted by molar-refractivity contribution is 5.94. The lowest BCUT2D eigenvalue weighted by Gasteiger charge is -2.36. The van der Waals surface area contributed by atoms with Gasteiger partial charge in [-0.3, -0.25) is 4.79 Å². The summed E-state index contributed by atoms with van der Waals surface area (Å²) in [5, 5.41) is 32.4. The average molecular weight is 401 g/mol. The first kappa shape index (κ1) is 21.3. The van der Waals surface area contributed by atoms with Crippen molar-refractivity contribution in [1.29, 1.82) is 0 Å². The first-order chi connectivity index (χ1) is 14.1. The van der Waals surface area contributed by atoms with Crippen LogP contribution in [0.5, 0.6) is 5.75 Å². The fourth-order valence-electron chi connectivity index (χ4n) is 3.28. The molecule has 4 N–H and O–H groups in total. The van der Waals surface area contributed by atoms with Crippen molar-refractivity contribution in [3.63, 3.8) is 0 Å². The van der Waals surface area contributed by atoms with Crippen LogP contribution in [0.1, 0.15) is 34.9 Å². The maximum Gasteiger partial charge on any atom is 0.251 e. The number of ether oxygens (including phenoxy) is 2. The Hall–Kier alpha value is -2.45. The Bertz CT molecular complexity index is 784. The third-order valence-corrected chi connectivity index (χ3v) is 4.85. The predicted octanol–water partition coefficient (Wildman–Crippen LogP) is 1.43. The van der Waals surface area contributed by atoms with Gasteiger partial charge in [0.25, 0.3) is 5.91 Å². The summed E-state index contributed by atoms with van der Waals surface area (Å²) in [6.45, 7) is 0.682. The molecule has 0 aliphatic carbocycles. The van der Waals surface area contributed by atoms with Gasteiger partial charge in [-0.25, -0.2) is 0 Å². The van der Waals surface area contributed by atoms with E-state index in [0.29, 0.717) is 36.4 Å². The Morgan fingerprint density at radius 3 is 2.69 bits per heavy atom. The van der Waals surface area contributed by atoms with Gasteiger partial charge in [0, 0.05) is 18.5 Å². The minimum absolute atomic E-state index is 0.118. The number of rotatable bonds is 8. The Kier molecular flexibility index (Phi) is 7.60. The van der Waals surface area contributed by atoms with Crippen molar-refractivity contribution in [2.24, 2.45) is 0 Å². The van der Waals surface area contributed by atoms with E-state index in [1.165, 1.54) is 0 Å². The zero-order chi connectivity index (χ0) is 20.6. The van der Waals surface area contributed by atoms with Gasteiger partial charge in [0.05, 0.1) is 25.4 Å². The number of aliphatic hydroxyl groups excluding tert-OH is 3. The largest absolute Gasteiger partial charge is 0.494 e. The second kappa shape index (κ2) is 10.4. The lowest BCUT2D eigenvalue weighted by atomic mass is 9.93. The molecule has 7 heteroatoms. The number of hydrogen-bond donors (Lipinski definition) is 4. The van der Waals surface area contributed by atoms with Gasteiger partial charge >= 0.3 is 0 Å². The van der Waals surface area contributed by atoms with E-state index in [0.717, 1.165) is 0 Å². The van der Waals surface area contributed by atoms with Crippen LogP contribution in [0.2, 0.25) is 0 Å². The topological polar surface area (TPSA) is 108 Å². The van der Waals surface area contributed by atoms with E-state index in [1.807, 2.05) is 18.2 Å². The molecule has 0 aromatic heterocycles. The molecule has 0 radical (unpaired) electrons. The van der Waals surface area contributed by atoms with Gasteiger partial charge in [-0.2, -0.15) is 0 Å². The third kappa shape index (κ3) is 5.77. The average Bonchev–Trinajstić information content (AvgIpc) is 2.76. The Morgan fingerprint density at radius 1 is 1.14 bits per heavy atom. The first-order valence-corrected chi connectivity index (χ1v) is 9.77. The molecule has 156 valence electrons. The molecule has 1 saturated heterocycles. The van der Waals surface area contributed by atoms with Crippen LogP contribution in [-0.2, 0) is 4.74 Å². The molecule has 1 heterocycles. The molecule has 0 bridgehead atoms. The van der Waals surface area contributed by atoms with Crippen LogP contribution < -0.4 is 10.1 Å². The van der Waals surface area contributed by atoms with Crippen LogP contribution in [0.3, 0.4) is 0 Å². The quantitative estimate of drug-likeness (QED) is 0.499. The van der Waals surface area contributed by atoms with E-state index in [1.54, 1.807) is 36.4 Å². The molecule has 4 unspecified atom stereocenters. The molecule has 1 fully saturated rings. The monoisotopic (exact) mass is 401 g/mol. The van der Waals surface area contributed by atoms with Gasteiger partial charge in [0.2, 0.25) is 0 Å². The minimum atomic E-state index is -1.07. The van der Waals surface area contributed by atoms with Gasteiger partial charge in [-0.15, -0.1) is 0 Å².